The number of carbonyl (C=O) groups is 1. The fourth-order valence-electron chi connectivity index (χ4n) is 2.75. The maximum Gasteiger partial charge on any atom is 0.223 e. The molecule has 5 nitrogen and oxygen atoms in total. The lowest BCUT2D eigenvalue weighted by Gasteiger charge is -2.34. The van der Waals surface area contributed by atoms with Gasteiger partial charge in [-0.05, 0) is 25.1 Å². The van der Waals surface area contributed by atoms with Crippen molar-refractivity contribution in [3.05, 3.63) is 35.6 Å². The number of amides is 1. The summed E-state index contributed by atoms with van der Waals surface area (Å²) in [5.74, 6) is 0.247. The number of piperazine rings is 1. The third-order valence-corrected chi connectivity index (χ3v) is 5.17. The van der Waals surface area contributed by atoms with Crippen LogP contribution in [0.4, 0.5) is 0 Å². The van der Waals surface area contributed by atoms with Crippen molar-refractivity contribution in [2.45, 2.75) is 19.8 Å². The Balaban J connectivity index is 1.51. The van der Waals surface area contributed by atoms with E-state index in [2.05, 4.69) is 21.8 Å². The predicted octanol–water partition coefficient (Wildman–Crippen LogP) is 2.30. The van der Waals surface area contributed by atoms with Gasteiger partial charge >= 0.3 is 0 Å². The minimum atomic E-state index is 0.247. The van der Waals surface area contributed by atoms with Gasteiger partial charge in [0.2, 0.25) is 5.91 Å². The highest BCUT2D eigenvalue weighted by molar-refractivity contribution is 7.13. The Morgan fingerprint density at radius 1 is 1.30 bits per heavy atom. The summed E-state index contributed by atoms with van der Waals surface area (Å²) in [6.07, 6.45) is 4.84. The Hall–Kier alpha value is -1.79. The van der Waals surface area contributed by atoms with Crippen LogP contribution in [0.3, 0.4) is 0 Å². The lowest BCUT2D eigenvalue weighted by Crippen LogP contribution is -2.48. The summed E-state index contributed by atoms with van der Waals surface area (Å²) < 4.78 is 0. The van der Waals surface area contributed by atoms with E-state index in [0.29, 0.717) is 12.8 Å². The van der Waals surface area contributed by atoms with Crippen molar-refractivity contribution in [2.24, 2.45) is 0 Å². The fraction of sp³-hybridized carbons (Fsp3) is 0.471. The summed E-state index contributed by atoms with van der Waals surface area (Å²) in [4.78, 5) is 25.4. The number of hydrogen-bond acceptors (Lipinski definition) is 5. The first-order valence-corrected chi connectivity index (χ1v) is 8.99. The number of aryl methyl sites for hydroxylation is 1. The smallest absolute Gasteiger partial charge is 0.223 e. The molecular formula is C17H22N4OS. The number of hydrogen-bond donors (Lipinski definition) is 0. The molecule has 0 aliphatic carbocycles. The lowest BCUT2D eigenvalue weighted by molar-refractivity contribution is -0.132. The van der Waals surface area contributed by atoms with E-state index in [1.165, 1.54) is 0 Å². The van der Waals surface area contributed by atoms with Crippen molar-refractivity contribution < 1.29 is 4.79 Å². The monoisotopic (exact) mass is 330 g/mol. The maximum atomic E-state index is 12.3. The molecule has 1 aliphatic heterocycles. The molecular weight excluding hydrogens is 308 g/mol. The first kappa shape index (κ1) is 16.1. The highest BCUT2D eigenvalue weighted by Gasteiger charge is 2.20. The second-order valence-electron chi connectivity index (χ2n) is 5.70. The van der Waals surface area contributed by atoms with Crippen LogP contribution in [0.1, 0.15) is 19.0 Å². The highest BCUT2D eigenvalue weighted by Crippen LogP contribution is 2.23. The quantitative estimate of drug-likeness (QED) is 0.844. The molecule has 0 saturated carbocycles. The normalized spacial score (nSPS) is 15.8. The molecule has 23 heavy (non-hydrogen) atoms. The molecule has 0 radical (unpaired) electrons. The molecule has 2 aromatic heterocycles. The van der Waals surface area contributed by atoms with Gasteiger partial charge in [-0.1, -0.05) is 6.92 Å². The van der Waals surface area contributed by atoms with E-state index in [1.807, 2.05) is 28.6 Å². The Bertz CT molecular complexity index is 635. The van der Waals surface area contributed by atoms with Crippen molar-refractivity contribution in [3.8, 4) is 10.6 Å². The summed E-state index contributed by atoms with van der Waals surface area (Å²) in [6.45, 7) is 6.92. The molecule has 3 heterocycles. The second-order valence-corrected chi connectivity index (χ2v) is 6.56. The zero-order chi connectivity index (χ0) is 16.1. The van der Waals surface area contributed by atoms with Gasteiger partial charge < -0.3 is 9.80 Å². The zero-order valence-corrected chi connectivity index (χ0v) is 14.3. The first-order valence-electron chi connectivity index (χ1n) is 8.11. The van der Waals surface area contributed by atoms with Gasteiger partial charge in [-0.15, -0.1) is 11.3 Å². The Morgan fingerprint density at radius 3 is 2.83 bits per heavy atom. The molecule has 1 saturated heterocycles. The number of carbonyl (C=O) groups excluding carboxylic acids is 1. The standard InChI is InChI=1S/C17H22N4OS/c1-2-20-8-10-21(11-9-20)16(22)6-5-15-13-23-17(19-15)14-4-3-7-18-12-14/h3-4,7,12-13H,2,5-6,8-11H2,1H3. The third-order valence-electron chi connectivity index (χ3n) is 4.23. The molecule has 0 atom stereocenters. The van der Waals surface area contributed by atoms with E-state index in [9.17, 15) is 4.79 Å². The van der Waals surface area contributed by atoms with Crippen LogP contribution in [0.5, 0.6) is 0 Å². The van der Waals surface area contributed by atoms with Gasteiger partial charge in [0.05, 0.1) is 5.69 Å². The number of aromatic nitrogens is 2. The molecule has 0 aromatic carbocycles. The molecule has 0 N–H and O–H groups in total. The third kappa shape index (κ3) is 4.14. The molecule has 1 amide bonds. The SMILES string of the molecule is CCN1CCN(C(=O)CCc2csc(-c3cccnc3)n2)CC1. The van der Waals surface area contributed by atoms with Crippen LogP contribution < -0.4 is 0 Å². The topological polar surface area (TPSA) is 49.3 Å². The van der Waals surface area contributed by atoms with E-state index < -0.39 is 0 Å². The second kappa shape index (κ2) is 7.66. The van der Waals surface area contributed by atoms with E-state index in [-0.39, 0.29) is 5.91 Å². The van der Waals surface area contributed by atoms with Crippen LogP contribution in [0, 0.1) is 0 Å². The fourth-order valence-corrected chi connectivity index (χ4v) is 3.60. The van der Waals surface area contributed by atoms with Crippen molar-refractivity contribution in [1.29, 1.82) is 0 Å². The number of nitrogens with zero attached hydrogens (tertiary/aromatic N) is 4. The van der Waals surface area contributed by atoms with Gasteiger partial charge in [-0.2, -0.15) is 0 Å². The van der Waals surface area contributed by atoms with Crippen LogP contribution in [-0.4, -0.2) is 58.4 Å². The Labute approximate surface area is 141 Å². The largest absolute Gasteiger partial charge is 0.340 e. The Morgan fingerprint density at radius 2 is 2.13 bits per heavy atom. The average Bonchev–Trinajstić information content (AvgIpc) is 3.09. The van der Waals surface area contributed by atoms with Crippen molar-refractivity contribution in [3.63, 3.8) is 0 Å². The zero-order valence-electron chi connectivity index (χ0n) is 13.4. The molecule has 0 bridgehead atoms. The van der Waals surface area contributed by atoms with Crippen molar-refractivity contribution in [1.82, 2.24) is 19.8 Å². The molecule has 0 unspecified atom stereocenters. The van der Waals surface area contributed by atoms with Crippen LogP contribution in [0.25, 0.3) is 10.6 Å². The summed E-state index contributed by atoms with van der Waals surface area (Å²) in [5.41, 5.74) is 2.03. The summed E-state index contributed by atoms with van der Waals surface area (Å²) in [5, 5.41) is 3.02. The highest BCUT2D eigenvalue weighted by atomic mass is 32.1. The molecule has 1 aliphatic rings. The van der Waals surface area contributed by atoms with E-state index in [1.54, 1.807) is 17.5 Å². The molecule has 2 aromatic rings. The van der Waals surface area contributed by atoms with E-state index in [4.69, 9.17) is 0 Å². The summed E-state index contributed by atoms with van der Waals surface area (Å²) in [6, 6.07) is 3.92. The number of rotatable bonds is 5. The minimum Gasteiger partial charge on any atom is -0.340 e. The van der Waals surface area contributed by atoms with Gasteiger partial charge in [0, 0.05) is 55.9 Å². The van der Waals surface area contributed by atoms with Gasteiger partial charge in [0.25, 0.3) is 0 Å². The number of thiazole rings is 1. The van der Waals surface area contributed by atoms with Gasteiger partial charge in [-0.3, -0.25) is 9.78 Å². The van der Waals surface area contributed by atoms with Gasteiger partial charge in [0.15, 0.2) is 0 Å². The van der Waals surface area contributed by atoms with Crippen LogP contribution >= 0.6 is 11.3 Å². The molecule has 3 rings (SSSR count). The first-order chi connectivity index (χ1) is 11.3. The lowest BCUT2D eigenvalue weighted by atomic mass is 10.2. The minimum absolute atomic E-state index is 0.247. The molecule has 122 valence electrons. The number of pyridine rings is 1. The van der Waals surface area contributed by atoms with Gasteiger partial charge in [-0.25, -0.2) is 4.98 Å². The van der Waals surface area contributed by atoms with Crippen LogP contribution in [0.15, 0.2) is 29.9 Å². The summed E-state index contributed by atoms with van der Waals surface area (Å²) in [7, 11) is 0. The Kier molecular flexibility index (Phi) is 5.35. The van der Waals surface area contributed by atoms with E-state index >= 15 is 0 Å². The van der Waals surface area contributed by atoms with Gasteiger partial charge in [0.1, 0.15) is 5.01 Å². The number of likely N-dealkylation sites (N-methyl/N-ethyl adjacent to an activating group) is 1. The average molecular weight is 330 g/mol. The van der Waals surface area contributed by atoms with Crippen molar-refractivity contribution in [2.75, 3.05) is 32.7 Å². The summed E-state index contributed by atoms with van der Waals surface area (Å²) >= 11 is 1.61. The predicted molar refractivity (Wildman–Crippen MR) is 92.4 cm³/mol. The molecule has 1 fully saturated rings. The van der Waals surface area contributed by atoms with E-state index in [0.717, 1.165) is 49.0 Å². The molecule has 6 heteroatoms. The van der Waals surface area contributed by atoms with Crippen LogP contribution in [-0.2, 0) is 11.2 Å². The maximum absolute atomic E-state index is 12.3. The molecule has 0 spiro atoms. The van der Waals surface area contributed by atoms with Crippen molar-refractivity contribution >= 4 is 17.2 Å². The van der Waals surface area contributed by atoms with Crippen LogP contribution in [0.2, 0.25) is 0 Å².